The highest BCUT2D eigenvalue weighted by Gasteiger charge is 2.22. The van der Waals surface area contributed by atoms with Crippen LogP contribution in [-0.4, -0.2) is 32.8 Å². The number of nitrogens with one attached hydrogen (secondary N) is 2. The molecule has 0 saturated carbocycles. The summed E-state index contributed by atoms with van der Waals surface area (Å²) in [5.41, 5.74) is 1.30. The average Bonchev–Trinajstić information content (AvgIpc) is 3.42. The molecule has 4 aromatic rings. The molecule has 2 aromatic carbocycles. The quantitative estimate of drug-likeness (QED) is 0.259. The maximum atomic E-state index is 15.3. The van der Waals surface area contributed by atoms with E-state index in [1.54, 1.807) is 36.2 Å². The Bertz CT molecular complexity index is 1850. The zero-order valence-electron chi connectivity index (χ0n) is 23.2. The lowest BCUT2D eigenvalue weighted by Gasteiger charge is -2.19. The van der Waals surface area contributed by atoms with Crippen molar-refractivity contribution in [1.29, 1.82) is 0 Å². The van der Waals surface area contributed by atoms with E-state index in [9.17, 15) is 14.0 Å². The molecule has 1 amide bonds. The molecule has 4 N–H and O–H groups in total. The molecule has 3 heterocycles. The molecule has 0 bridgehead atoms. The summed E-state index contributed by atoms with van der Waals surface area (Å²) in [6.07, 6.45) is 11.2. The number of aryl methyl sites for hydroxylation is 1. The number of pyridine rings is 1. The van der Waals surface area contributed by atoms with Crippen LogP contribution >= 0.6 is 0 Å². The standard InChI is InChI=1S/C31H26F2N6O4/c1-3-42-27-11-13-39(22-7-4-20(32)5-8-22)31(41)29(27)30(40)37-21-6-9-26(23(33)15-21)43-28-14-19(16-35-24(28)10-12-34)25-17-38(2)18-36-25/h4-18,34-35H,3H2,1-2H3,(H,37,40)/p+1/b24-10-,34-12?. The maximum absolute atomic E-state index is 15.3. The molecule has 0 aliphatic carbocycles. The lowest BCUT2D eigenvalue weighted by Crippen LogP contribution is -2.29. The number of ether oxygens (including phenoxy) is 2. The first kappa shape index (κ1) is 28.7. The monoisotopic (exact) mass is 585 g/mol. The van der Waals surface area contributed by atoms with Gasteiger partial charge in [0.15, 0.2) is 23.5 Å². The average molecular weight is 586 g/mol. The predicted octanol–water partition coefficient (Wildman–Crippen LogP) is 3.12. The number of rotatable bonds is 9. The Morgan fingerprint density at radius 3 is 2.60 bits per heavy atom. The van der Waals surface area contributed by atoms with Gasteiger partial charge < -0.3 is 24.7 Å². The van der Waals surface area contributed by atoms with Gasteiger partial charge in [0.1, 0.15) is 17.1 Å². The maximum Gasteiger partial charge on any atom is 0.271 e. The smallest absolute Gasteiger partial charge is 0.271 e. The molecule has 0 saturated heterocycles. The van der Waals surface area contributed by atoms with Crippen molar-refractivity contribution in [2.24, 2.45) is 7.05 Å². The van der Waals surface area contributed by atoms with Gasteiger partial charge in [-0.15, -0.1) is 0 Å². The third-order valence-electron chi connectivity index (χ3n) is 6.29. The minimum absolute atomic E-state index is 0.0494. The Morgan fingerprint density at radius 2 is 1.93 bits per heavy atom. The predicted molar refractivity (Wildman–Crippen MR) is 157 cm³/mol. The van der Waals surface area contributed by atoms with Crippen molar-refractivity contribution in [2.75, 3.05) is 11.9 Å². The van der Waals surface area contributed by atoms with Crippen LogP contribution in [0.15, 0.2) is 102 Å². The number of imidazole rings is 1. The summed E-state index contributed by atoms with van der Waals surface area (Å²) in [6.45, 7) is 1.90. The van der Waals surface area contributed by atoms with Crippen LogP contribution in [0.4, 0.5) is 14.5 Å². The number of hydrogen-bond acceptors (Lipinski definition) is 6. The molecule has 12 heteroatoms. The van der Waals surface area contributed by atoms with Gasteiger partial charge >= 0.3 is 0 Å². The summed E-state index contributed by atoms with van der Waals surface area (Å²) in [5.74, 6) is -1.84. The van der Waals surface area contributed by atoms with Crippen molar-refractivity contribution < 1.29 is 28.5 Å². The van der Waals surface area contributed by atoms with Crippen LogP contribution in [0.25, 0.3) is 11.3 Å². The number of nitrogens with zero attached hydrogens (tertiary/aromatic N) is 3. The number of carbonyl (C=O) groups is 1. The van der Waals surface area contributed by atoms with E-state index in [0.717, 1.165) is 6.07 Å². The summed E-state index contributed by atoms with van der Waals surface area (Å²) in [7, 11) is 1.84. The normalized spacial score (nSPS) is 13.5. The lowest BCUT2D eigenvalue weighted by molar-refractivity contribution is -0.104. The van der Waals surface area contributed by atoms with E-state index in [4.69, 9.17) is 14.9 Å². The molecule has 0 unspecified atom stereocenters. The lowest BCUT2D eigenvalue weighted by atomic mass is 10.1. The fourth-order valence-electron chi connectivity index (χ4n) is 4.29. The van der Waals surface area contributed by atoms with Gasteiger partial charge in [-0.05, 0) is 55.5 Å². The second-order valence-corrected chi connectivity index (χ2v) is 9.29. The van der Waals surface area contributed by atoms with Crippen molar-refractivity contribution >= 4 is 23.4 Å². The Kier molecular flexibility index (Phi) is 8.28. The van der Waals surface area contributed by atoms with Gasteiger partial charge in [0, 0.05) is 54.7 Å². The van der Waals surface area contributed by atoms with E-state index in [1.165, 1.54) is 59.4 Å². The Hall–Kier alpha value is -5.78. The molecular formula is C31H27F2N6O4+. The third kappa shape index (κ3) is 6.27. The number of allylic oxidation sites excluding steroid dienone is 3. The van der Waals surface area contributed by atoms with Gasteiger partial charge in [0.25, 0.3) is 11.5 Å². The van der Waals surface area contributed by atoms with E-state index in [-0.39, 0.29) is 35.1 Å². The van der Waals surface area contributed by atoms with Gasteiger partial charge in [-0.3, -0.25) is 19.6 Å². The SMILES string of the molecule is CCOc1ccn(-c2ccc(F)cc2)c(=O)c1C(=O)Nc1ccc(OC2=CC(c3cn(C)cn3)=CN/C2=C\C=[NH2+])c(F)c1. The fourth-order valence-corrected chi connectivity index (χ4v) is 4.29. The minimum Gasteiger partial charge on any atom is -0.493 e. The summed E-state index contributed by atoms with van der Waals surface area (Å²) >= 11 is 0. The number of halogens is 2. The second-order valence-electron chi connectivity index (χ2n) is 9.29. The van der Waals surface area contributed by atoms with Gasteiger partial charge in [-0.1, -0.05) is 0 Å². The van der Waals surface area contributed by atoms with Crippen LogP contribution in [0.3, 0.4) is 0 Å². The van der Waals surface area contributed by atoms with E-state index in [1.807, 2.05) is 13.2 Å². The molecule has 0 atom stereocenters. The first-order valence-corrected chi connectivity index (χ1v) is 13.1. The largest absolute Gasteiger partial charge is 0.493 e. The molecule has 2 aromatic heterocycles. The molecule has 0 spiro atoms. The summed E-state index contributed by atoms with van der Waals surface area (Å²) < 4.78 is 43.1. The first-order valence-electron chi connectivity index (χ1n) is 13.1. The molecule has 0 fully saturated rings. The third-order valence-corrected chi connectivity index (χ3v) is 6.29. The summed E-state index contributed by atoms with van der Waals surface area (Å²) in [5, 5.41) is 11.2. The van der Waals surface area contributed by atoms with E-state index in [0.29, 0.717) is 22.7 Å². The molecule has 218 valence electrons. The molecule has 43 heavy (non-hydrogen) atoms. The Labute approximate surface area is 244 Å². The van der Waals surface area contributed by atoms with E-state index < -0.39 is 23.1 Å². The fraction of sp³-hybridized carbons (Fsp3) is 0.0968. The van der Waals surface area contributed by atoms with Crippen molar-refractivity contribution in [1.82, 2.24) is 19.4 Å². The van der Waals surface area contributed by atoms with Crippen molar-refractivity contribution in [3.63, 3.8) is 0 Å². The summed E-state index contributed by atoms with van der Waals surface area (Å²) in [4.78, 5) is 31.0. The highest BCUT2D eigenvalue weighted by Crippen LogP contribution is 2.29. The summed E-state index contributed by atoms with van der Waals surface area (Å²) in [6, 6.07) is 10.5. The minimum atomic E-state index is -0.814. The van der Waals surface area contributed by atoms with Crippen LogP contribution in [0, 0.1) is 11.6 Å². The van der Waals surface area contributed by atoms with Crippen molar-refractivity contribution in [2.45, 2.75) is 6.92 Å². The van der Waals surface area contributed by atoms with Gasteiger partial charge in [0.05, 0.1) is 24.3 Å². The number of aromatic nitrogens is 3. The van der Waals surface area contributed by atoms with Crippen LogP contribution in [0.2, 0.25) is 0 Å². The number of amides is 1. The number of carbonyl (C=O) groups excluding carboxylic acids is 1. The number of benzene rings is 2. The molecule has 0 radical (unpaired) electrons. The van der Waals surface area contributed by atoms with E-state index >= 15 is 4.39 Å². The molecular weight excluding hydrogens is 558 g/mol. The Balaban J connectivity index is 1.40. The molecule has 1 aliphatic heterocycles. The Morgan fingerprint density at radius 1 is 1.14 bits per heavy atom. The highest BCUT2D eigenvalue weighted by molar-refractivity contribution is 6.06. The first-order chi connectivity index (χ1) is 20.8. The number of hydrogen-bond donors (Lipinski definition) is 3. The zero-order valence-corrected chi connectivity index (χ0v) is 23.2. The second kappa shape index (κ2) is 12.4. The van der Waals surface area contributed by atoms with Crippen molar-refractivity contribution in [3.05, 3.63) is 130 Å². The topological polar surface area (TPSA) is 125 Å². The van der Waals surface area contributed by atoms with Gasteiger partial charge in [-0.2, -0.15) is 0 Å². The van der Waals surface area contributed by atoms with Gasteiger partial charge in [0.2, 0.25) is 0 Å². The highest BCUT2D eigenvalue weighted by atomic mass is 19.1. The molecule has 1 aliphatic rings. The van der Waals surface area contributed by atoms with E-state index in [2.05, 4.69) is 15.6 Å². The zero-order chi connectivity index (χ0) is 30.5. The van der Waals surface area contributed by atoms with Crippen LogP contribution < -0.4 is 31.1 Å². The van der Waals surface area contributed by atoms with Crippen LogP contribution in [-0.2, 0) is 7.05 Å². The number of nitrogens with two attached hydrogens (primary N) is 1. The van der Waals surface area contributed by atoms with Crippen LogP contribution in [0.5, 0.6) is 11.5 Å². The van der Waals surface area contributed by atoms with Gasteiger partial charge in [-0.25, -0.2) is 13.8 Å². The molecule has 10 nitrogen and oxygen atoms in total. The molecule has 5 rings (SSSR count). The van der Waals surface area contributed by atoms with Crippen molar-refractivity contribution in [3.8, 4) is 17.2 Å². The number of dihydropyridines is 1. The van der Waals surface area contributed by atoms with Crippen LogP contribution in [0.1, 0.15) is 23.0 Å². The number of anilines is 1.